The zero-order valence-corrected chi connectivity index (χ0v) is 6.48. The first-order valence-corrected chi connectivity index (χ1v) is 4.03. The van der Waals surface area contributed by atoms with Gasteiger partial charge in [-0.2, -0.15) is 11.8 Å². The highest BCUT2D eigenvalue weighted by molar-refractivity contribution is 7.99. The summed E-state index contributed by atoms with van der Waals surface area (Å²) in [4.78, 5) is 10.0. The smallest absolute Gasteiger partial charge is 0.321 e. The van der Waals surface area contributed by atoms with Crippen molar-refractivity contribution < 1.29 is 18.7 Å². The summed E-state index contributed by atoms with van der Waals surface area (Å²) in [6.45, 7) is 0. The average molecular weight is 185 g/mol. The van der Waals surface area contributed by atoms with Crippen molar-refractivity contribution in [3.63, 3.8) is 0 Å². The van der Waals surface area contributed by atoms with Gasteiger partial charge in [0.25, 0.3) is 0 Å². The lowest BCUT2D eigenvalue weighted by Gasteiger charge is -2.04. The van der Waals surface area contributed by atoms with Gasteiger partial charge in [-0.3, -0.25) is 4.79 Å². The molecule has 0 saturated heterocycles. The maximum atomic E-state index is 11.5. The molecule has 0 aromatic heterocycles. The molecule has 0 rings (SSSR count). The van der Waals surface area contributed by atoms with Gasteiger partial charge in [0, 0.05) is 5.75 Å². The first-order valence-electron chi connectivity index (χ1n) is 2.88. The molecule has 0 aromatic carbocycles. The lowest BCUT2D eigenvalue weighted by molar-refractivity contribution is -0.137. The zero-order valence-electron chi connectivity index (χ0n) is 5.67. The topological polar surface area (TPSA) is 63.3 Å². The first kappa shape index (κ1) is 10.6. The molecule has 6 heteroatoms. The minimum atomic E-state index is -2.40. The Kier molecular flexibility index (Phi) is 5.14. The van der Waals surface area contributed by atoms with E-state index >= 15 is 0 Å². The Bertz CT molecular complexity index is 134. The lowest BCUT2D eigenvalue weighted by atomic mass is 10.4. The Labute approximate surface area is 66.9 Å². The van der Waals surface area contributed by atoms with Crippen molar-refractivity contribution in [1.29, 1.82) is 0 Å². The maximum absolute atomic E-state index is 11.5. The molecule has 0 fully saturated rings. The lowest BCUT2D eigenvalue weighted by Crippen LogP contribution is -2.32. The number of carboxylic acid groups (broad SMARTS) is 1. The molecule has 3 nitrogen and oxygen atoms in total. The molecule has 0 aliphatic heterocycles. The van der Waals surface area contributed by atoms with E-state index in [1.807, 2.05) is 0 Å². The minimum absolute atomic E-state index is 0.0275. The Balaban J connectivity index is 3.31. The summed E-state index contributed by atoms with van der Waals surface area (Å²) in [6, 6.07) is -1.04. The Morgan fingerprint density at radius 2 is 2.09 bits per heavy atom. The van der Waals surface area contributed by atoms with Gasteiger partial charge in [0.2, 0.25) is 6.43 Å². The van der Waals surface area contributed by atoms with E-state index in [0.29, 0.717) is 0 Å². The molecule has 0 bridgehead atoms. The van der Waals surface area contributed by atoms with Crippen molar-refractivity contribution in [1.82, 2.24) is 0 Å². The number of halogens is 2. The molecule has 3 N–H and O–H groups in total. The van der Waals surface area contributed by atoms with E-state index in [4.69, 9.17) is 10.8 Å². The molecular formula is C5H9F2NO2S. The minimum Gasteiger partial charge on any atom is -0.480 e. The van der Waals surface area contributed by atoms with Crippen LogP contribution in [0.5, 0.6) is 0 Å². The highest BCUT2D eigenvalue weighted by Crippen LogP contribution is 2.07. The van der Waals surface area contributed by atoms with Gasteiger partial charge >= 0.3 is 5.97 Å². The van der Waals surface area contributed by atoms with Gasteiger partial charge < -0.3 is 10.8 Å². The van der Waals surface area contributed by atoms with Crippen LogP contribution in [0.15, 0.2) is 0 Å². The van der Waals surface area contributed by atoms with Gasteiger partial charge in [-0.15, -0.1) is 0 Å². The molecule has 11 heavy (non-hydrogen) atoms. The SMILES string of the molecule is N[C@H](CSCC(F)F)C(=O)O. The average Bonchev–Trinajstić information content (AvgIpc) is 1.86. The van der Waals surface area contributed by atoms with Crippen LogP contribution in [0.25, 0.3) is 0 Å². The van der Waals surface area contributed by atoms with Gasteiger partial charge in [-0.25, -0.2) is 8.78 Å². The van der Waals surface area contributed by atoms with Crippen LogP contribution in [-0.2, 0) is 4.79 Å². The summed E-state index contributed by atoms with van der Waals surface area (Å²) >= 11 is 0.842. The molecule has 0 amide bonds. The molecule has 0 radical (unpaired) electrons. The molecule has 1 atom stereocenters. The molecule has 0 aliphatic rings. The number of alkyl halides is 2. The number of nitrogens with two attached hydrogens (primary N) is 1. The molecule has 0 aliphatic carbocycles. The monoisotopic (exact) mass is 185 g/mol. The predicted octanol–water partition coefficient (Wildman–Crippen LogP) is 0.397. The molecule has 0 saturated carbocycles. The van der Waals surface area contributed by atoms with E-state index in [1.165, 1.54) is 0 Å². The number of aliphatic carboxylic acids is 1. The quantitative estimate of drug-likeness (QED) is 0.650. The van der Waals surface area contributed by atoms with Crippen molar-refractivity contribution in [2.24, 2.45) is 5.73 Å². The van der Waals surface area contributed by atoms with Gasteiger partial charge in [0.15, 0.2) is 0 Å². The van der Waals surface area contributed by atoms with Crippen molar-refractivity contribution in [3.05, 3.63) is 0 Å². The van der Waals surface area contributed by atoms with Gasteiger partial charge in [0.05, 0.1) is 5.75 Å². The third-order valence-corrected chi connectivity index (χ3v) is 1.94. The highest BCUT2D eigenvalue weighted by Gasteiger charge is 2.12. The van der Waals surface area contributed by atoms with Gasteiger partial charge in [-0.1, -0.05) is 0 Å². The van der Waals surface area contributed by atoms with Crippen LogP contribution in [0.2, 0.25) is 0 Å². The van der Waals surface area contributed by atoms with Crippen LogP contribution in [0.3, 0.4) is 0 Å². The van der Waals surface area contributed by atoms with Crippen LogP contribution in [0.4, 0.5) is 8.78 Å². The van der Waals surface area contributed by atoms with Gasteiger partial charge in [0.1, 0.15) is 6.04 Å². The van der Waals surface area contributed by atoms with E-state index in [0.717, 1.165) is 11.8 Å². The number of carboxylic acids is 1. The van der Waals surface area contributed by atoms with Crippen molar-refractivity contribution >= 4 is 17.7 Å². The fourth-order valence-electron chi connectivity index (χ4n) is 0.355. The number of carbonyl (C=O) groups is 1. The molecule has 0 spiro atoms. The Hall–Kier alpha value is -0.360. The van der Waals surface area contributed by atoms with E-state index in [1.54, 1.807) is 0 Å². The summed E-state index contributed by atoms with van der Waals surface area (Å²) < 4.78 is 23.0. The summed E-state index contributed by atoms with van der Waals surface area (Å²) in [5.74, 6) is -1.49. The molecule has 66 valence electrons. The van der Waals surface area contributed by atoms with Crippen LogP contribution in [-0.4, -0.2) is 35.0 Å². The van der Waals surface area contributed by atoms with Crippen molar-refractivity contribution in [3.8, 4) is 0 Å². The molecule has 0 heterocycles. The Morgan fingerprint density at radius 3 is 2.45 bits per heavy atom. The third-order valence-electron chi connectivity index (χ3n) is 0.858. The van der Waals surface area contributed by atoms with Crippen LogP contribution in [0.1, 0.15) is 0 Å². The fraction of sp³-hybridized carbons (Fsp3) is 0.800. The van der Waals surface area contributed by atoms with E-state index < -0.39 is 18.4 Å². The van der Waals surface area contributed by atoms with Gasteiger partial charge in [-0.05, 0) is 0 Å². The standard InChI is InChI=1S/C5H9F2NO2S/c6-4(7)2-11-1-3(8)5(9)10/h3-4H,1-2,8H2,(H,9,10)/t3-/m1/s1. The summed E-state index contributed by atoms with van der Waals surface area (Å²) in [6.07, 6.45) is -2.40. The maximum Gasteiger partial charge on any atom is 0.321 e. The fourth-order valence-corrected chi connectivity index (χ4v) is 1.07. The highest BCUT2D eigenvalue weighted by atomic mass is 32.2. The van der Waals surface area contributed by atoms with Crippen molar-refractivity contribution in [2.75, 3.05) is 11.5 Å². The predicted molar refractivity (Wildman–Crippen MR) is 38.9 cm³/mol. The number of hydrogen-bond acceptors (Lipinski definition) is 3. The molecule has 0 unspecified atom stereocenters. The molecule has 0 aromatic rings. The number of thioether (sulfide) groups is 1. The summed E-state index contributed by atoms with van der Waals surface area (Å²) in [5, 5.41) is 8.22. The zero-order chi connectivity index (χ0) is 8.85. The molecular weight excluding hydrogens is 176 g/mol. The second kappa shape index (κ2) is 5.31. The summed E-state index contributed by atoms with van der Waals surface area (Å²) in [7, 11) is 0. The number of hydrogen-bond donors (Lipinski definition) is 2. The first-order chi connectivity index (χ1) is 5.04. The third kappa shape index (κ3) is 6.05. The Morgan fingerprint density at radius 1 is 1.55 bits per heavy atom. The number of rotatable bonds is 5. The normalized spacial score (nSPS) is 13.5. The van der Waals surface area contributed by atoms with E-state index in [9.17, 15) is 13.6 Å². The second-order valence-electron chi connectivity index (χ2n) is 1.87. The summed E-state index contributed by atoms with van der Waals surface area (Å²) in [5.41, 5.74) is 5.04. The van der Waals surface area contributed by atoms with Crippen molar-refractivity contribution in [2.45, 2.75) is 12.5 Å². The van der Waals surface area contributed by atoms with Crippen LogP contribution >= 0.6 is 11.8 Å². The van der Waals surface area contributed by atoms with E-state index in [-0.39, 0.29) is 11.5 Å². The largest absolute Gasteiger partial charge is 0.480 e. The van der Waals surface area contributed by atoms with Crippen LogP contribution in [0, 0.1) is 0 Å². The van der Waals surface area contributed by atoms with E-state index in [2.05, 4.69) is 0 Å². The van der Waals surface area contributed by atoms with Crippen LogP contribution < -0.4 is 5.73 Å². The second-order valence-corrected chi connectivity index (χ2v) is 2.95.